The molecule has 3 aromatic heterocycles. The Kier molecular flexibility index (Phi) is 10.6. The van der Waals surface area contributed by atoms with E-state index in [0.29, 0.717) is 39.3 Å². The number of hydrogen-bond acceptors (Lipinski definition) is 13. The van der Waals surface area contributed by atoms with E-state index >= 15 is 0 Å². The fourth-order valence-corrected chi connectivity index (χ4v) is 8.35. The van der Waals surface area contributed by atoms with E-state index in [1.165, 1.54) is 25.9 Å². The maximum absolute atomic E-state index is 6.29. The number of likely N-dealkylation sites (tertiary alicyclic amines) is 1. The second-order valence-corrected chi connectivity index (χ2v) is 16.6. The molecule has 3 saturated heterocycles. The van der Waals surface area contributed by atoms with Crippen LogP contribution < -0.4 is 30.1 Å². The molecular weight excluding hydrogens is 755 g/mol. The number of rotatable bonds is 11. The Morgan fingerprint density at radius 3 is 2.36 bits per heavy atom. The number of ether oxygens (including phenoxy) is 1. The van der Waals surface area contributed by atoms with E-state index in [2.05, 4.69) is 85.0 Å². The molecule has 0 spiro atoms. The third-order valence-electron chi connectivity index (χ3n) is 10.4. The summed E-state index contributed by atoms with van der Waals surface area (Å²) in [5, 5.41) is 14.8. The van der Waals surface area contributed by atoms with Crippen molar-refractivity contribution in [3.63, 3.8) is 0 Å². The van der Waals surface area contributed by atoms with Crippen LogP contribution in [-0.2, 0) is 7.05 Å². The van der Waals surface area contributed by atoms with Gasteiger partial charge in [-0.1, -0.05) is 0 Å². The number of halogens is 1. The van der Waals surface area contributed by atoms with E-state index in [1.807, 2.05) is 43.4 Å². The molecular formula is C37H46BrN12O2P. The second kappa shape index (κ2) is 15.7. The monoisotopic (exact) mass is 800 g/mol. The quantitative estimate of drug-likeness (QED) is 0.142. The van der Waals surface area contributed by atoms with Crippen LogP contribution in [0.4, 0.5) is 28.8 Å². The lowest BCUT2D eigenvalue weighted by atomic mass is 9.98. The van der Waals surface area contributed by atoms with Crippen molar-refractivity contribution >= 4 is 63.9 Å². The molecule has 8 rings (SSSR count). The minimum absolute atomic E-state index is 0.406. The Balaban J connectivity index is 1.04. The zero-order valence-electron chi connectivity index (χ0n) is 30.6. The highest BCUT2D eigenvalue weighted by molar-refractivity contribution is 9.10. The van der Waals surface area contributed by atoms with Crippen LogP contribution in [0.25, 0.3) is 22.2 Å². The summed E-state index contributed by atoms with van der Waals surface area (Å²) in [6.07, 6.45) is 11.6. The van der Waals surface area contributed by atoms with Crippen LogP contribution in [0.3, 0.4) is 0 Å². The number of hydrogen-bond donors (Lipinski definition) is 3. The van der Waals surface area contributed by atoms with Crippen molar-refractivity contribution in [3.05, 3.63) is 59.7 Å². The highest BCUT2D eigenvalue weighted by Crippen LogP contribution is 2.43. The van der Waals surface area contributed by atoms with Crippen molar-refractivity contribution in [3.8, 4) is 22.6 Å². The first-order valence-electron chi connectivity index (χ1n) is 18.1. The van der Waals surface area contributed by atoms with E-state index in [0.717, 1.165) is 79.0 Å². The first kappa shape index (κ1) is 35.9. The summed E-state index contributed by atoms with van der Waals surface area (Å²) in [5.74, 6) is 2.32. The van der Waals surface area contributed by atoms with Crippen molar-refractivity contribution in [1.82, 2.24) is 44.8 Å². The van der Waals surface area contributed by atoms with Gasteiger partial charge in [0.2, 0.25) is 5.95 Å². The maximum Gasteiger partial charge on any atom is 0.229 e. The number of nitrogens with one attached hydrogen (secondary N) is 3. The Labute approximate surface area is 319 Å². The van der Waals surface area contributed by atoms with Gasteiger partial charge in [-0.15, -0.1) is 0 Å². The molecule has 0 atom stereocenters. The Morgan fingerprint density at radius 2 is 1.66 bits per heavy atom. The standard InChI is InChI=1S/C37H46BrN12O2P/c1-47-23-24(19-43-47)27-17-31(33(51-2)18-32(27)50-15-13-49(14-16-50)25-7-11-48(12-8-25)26-20-39-21-26)45-37-42-22-28(38)36(46-37)44-30-6-5-29-34(41-10-9-40-29)35(30)52-53(3)4/h5-6,9-10,17-19,22-23,25-26,39H,7-8,11-16,20-21H2,1-4H3,(H2,42,44,45,46). The average molecular weight is 802 g/mol. The molecule has 6 heterocycles. The molecule has 5 aromatic rings. The lowest BCUT2D eigenvalue weighted by molar-refractivity contribution is 0.0631. The summed E-state index contributed by atoms with van der Waals surface area (Å²) in [6.45, 7) is 12.8. The van der Waals surface area contributed by atoms with Crippen LogP contribution >= 0.6 is 24.1 Å². The van der Waals surface area contributed by atoms with Gasteiger partial charge in [0, 0.05) is 119 Å². The summed E-state index contributed by atoms with van der Waals surface area (Å²) in [7, 11) is 2.92. The average Bonchev–Trinajstić information content (AvgIpc) is 3.59. The van der Waals surface area contributed by atoms with Gasteiger partial charge in [0.05, 0.1) is 42.8 Å². The lowest BCUT2D eigenvalue weighted by Crippen LogP contribution is -2.60. The van der Waals surface area contributed by atoms with E-state index in [1.54, 1.807) is 25.7 Å². The number of aryl methyl sites for hydroxylation is 1. The zero-order chi connectivity index (χ0) is 36.5. The fourth-order valence-electron chi connectivity index (χ4n) is 7.51. The van der Waals surface area contributed by atoms with Crippen LogP contribution in [-0.4, -0.2) is 124 Å². The van der Waals surface area contributed by atoms with Gasteiger partial charge in [-0.3, -0.25) is 19.5 Å². The molecule has 278 valence electrons. The van der Waals surface area contributed by atoms with E-state index in [4.69, 9.17) is 14.2 Å². The molecule has 53 heavy (non-hydrogen) atoms. The number of methoxy groups -OCH3 is 1. The topological polar surface area (TPSA) is 134 Å². The van der Waals surface area contributed by atoms with E-state index < -0.39 is 8.15 Å². The van der Waals surface area contributed by atoms with Crippen molar-refractivity contribution < 1.29 is 9.26 Å². The summed E-state index contributed by atoms with van der Waals surface area (Å²) >= 11 is 3.64. The number of fused-ring (bicyclic) bond motifs is 1. The van der Waals surface area contributed by atoms with Crippen molar-refractivity contribution in [2.75, 3.05) is 88.3 Å². The lowest BCUT2D eigenvalue weighted by Gasteiger charge is -2.46. The molecule has 0 bridgehead atoms. The van der Waals surface area contributed by atoms with Crippen molar-refractivity contribution in [1.29, 1.82) is 0 Å². The van der Waals surface area contributed by atoms with Crippen LogP contribution in [0.1, 0.15) is 12.8 Å². The first-order chi connectivity index (χ1) is 25.8. The maximum atomic E-state index is 6.29. The highest BCUT2D eigenvalue weighted by Gasteiger charge is 2.32. The molecule has 3 aliphatic heterocycles. The third-order valence-corrected chi connectivity index (χ3v) is 11.5. The predicted octanol–water partition coefficient (Wildman–Crippen LogP) is 5.67. The zero-order valence-corrected chi connectivity index (χ0v) is 33.1. The molecule has 0 unspecified atom stereocenters. The number of piperazine rings is 1. The van der Waals surface area contributed by atoms with E-state index in [9.17, 15) is 0 Å². The summed E-state index contributed by atoms with van der Waals surface area (Å²) in [4.78, 5) is 26.4. The third kappa shape index (κ3) is 7.76. The minimum atomic E-state index is -0.724. The molecule has 0 amide bonds. The van der Waals surface area contributed by atoms with Crippen LogP contribution in [0, 0.1) is 0 Å². The molecule has 14 nitrogen and oxygen atoms in total. The number of benzene rings is 2. The van der Waals surface area contributed by atoms with Gasteiger partial charge in [-0.2, -0.15) is 10.1 Å². The molecule has 2 aromatic carbocycles. The van der Waals surface area contributed by atoms with Crippen LogP contribution in [0.2, 0.25) is 0 Å². The van der Waals surface area contributed by atoms with Crippen LogP contribution in [0.15, 0.2) is 59.7 Å². The van der Waals surface area contributed by atoms with Crippen molar-refractivity contribution in [2.24, 2.45) is 7.05 Å². The van der Waals surface area contributed by atoms with Gasteiger partial charge in [-0.25, -0.2) is 9.97 Å². The summed E-state index contributed by atoms with van der Waals surface area (Å²) in [6, 6.07) is 9.52. The molecule has 0 saturated carbocycles. The number of piperidine rings is 1. The van der Waals surface area contributed by atoms with Gasteiger partial charge in [-0.05, 0) is 60.3 Å². The predicted molar refractivity (Wildman–Crippen MR) is 215 cm³/mol. The summed E-state index contributed by atoms with van der Waals surface area (Å²) in [5.41, 5.74) is 6.17. The molecule has 3 N–H and O–H groups in total. The smallest absolute Gasteiger partial charge is 0.229 e. The normalized spacial score (nSPS) is 17.7. The van der Waals surface area contributed by atoms with Gasteiger partial charge in [0.15, 0.2) is 5.75 Å². The molecule has 3 aliphatic rings. The van der Waals surface area contributed by atoms with E-state index in [-0.39, 0.29) is 0 Å². The number of anilines is 5. The Bertz CT molecular complexity index is 2060. The van der Waals surface area contributed by atoms with Crippen molar-refractivity contribution in [2.45, 2.75) is 24.9 Å². The van der Waals surface area contributed by atoms with Gasteiger partial charge in [0.1, 0.15) is 17.1 Å². The molecule has 3 fully saturated rings. The molecule has 0 aliphatic carbocycles. The largest absolute Gasteiger partial charge is 0.494 e. The Morgan fingerprint density at radius 1 is 0.887 bits per heavy atom. The minimum Gasteiger partial charge on any atom is -0.494 e. The molecule has 16 heteroatoms. The number of aromatic nitrogens is 6. The van der Waals surface area contributed by atoms with Gasteiger partial charge in [0.25, 0.3) is 0 Å². The Hall–Kier alpha value is -4.14. The summed E-state index contributed by atoms with van der Waals surface area (Å²) < 4.78 is 14.8. The fraction of sp³-hybridized carbons (Fsp3) is 0.432. The second-order valence-electron chi connectivity index (χ2n) is 14.0. The SMILES string of the molecule is COc1cc(N2CCN(C3CCN(C4CNC4)CC3)CC2)c(-c2cnn(C)c2)cc1Nc1ncc(Br)c(Nc2ccc3nccnc3c2OP(C)C)n1. The highest BCUT2D eigenvalue weighted by atomic mass is 79.9. The molecule has 0 radical (unpaired) electrons. The van der Waals surface area contributed by atoms with Crippen LogP contribution in [0.5, 0.6) is 11.5 Å². The first-order valence-corrected chi connectivity index (χ1v) is 21.1. The number of nitrogens with zero attached hydrogens (tertiary/aromatic N) is 9. The van der Waals surface area contributed by atoms with Gasteiger partial charge < -0.3 is 30.1 Å². The van der Waals surface area contributed by atoms with Gasteiger partial charge >= 0.3 is 0 Å².